The summed E-state index contributed by atoms with van der Waals surface area (Å²) in [4.78, 5) is 12.2. The van der Waals surface area contributed by atoms with Crippen molar-refractivity contribution in [3.05, 3.63) is 44.7 Å². The van der Waals surface area contributed by atoms with Crippen molar-refractivity contribution in [1.82, 2.24) is 0 Å². The van der Waals surface area contributed by atoms with Crippen molar-refractivity contribution in [2.24, 2.45) is 16.7 Å². The summed E-state index contributed by atoms with van der Waals surface area (Å²) in [7, 11) is 0. The number of hydrogen-bond donors (Lipinski definition) is 0. The first-order valence-corrected chi connectivity index (χ1v) is 9.29. The standard InChI is InChI=1S/C21H25IO2/c1-14(2)18(24-19(23)20(3,4)5)17-13-21(17,6)12-11-15-7-9-16(22)10-8-15/h7-10,17H,13H2,1-6H3/t17-,21-/m1/s1. The summed E-state index contributed by atoms with van der Waals surface area (Å²) in [6.07, 6.45) is 0.933. The van der Waals surface area contributed by atoms with Crippen molar-refractivity contribution in [3.63, 3.8) is 0 Å². The number of allylic oxidation sites excluding steroid dienone is 2. The molecular weight excluding hydrogens is 411 g/mol. The van der Waals surface area contributed by atoms with Gasteiger partial charge in [0.05, 0.1) is 5.41 Å². The summed E-state index contributed by atoms with van der Waals surface area (Å²) >= 11 is 2.29. The Bertz CT molecular complexity index is 722. The minimum absolute atomic E-state index is 0.117. The lowest BCUT2D eigenvalue weighted by Gasteiger charge is -2.19. The van der Waals surface area contributed by atoms with Crippen LogP contribution in [0.15, 0.2) is 35.6 Å². The zero-order valence-electron chi connectivity index (χ0n) is 15.3. The maximum atomic E-state index is 12.2. The van der Waals surface area contributed by atoms with Crippen LogP contribution < -0.4 is 0 Å². The van der Waals surface area contributed by atoms with Crippen LogP contribution in [-0.2, 0) is 9.53 Å². The zero-order valence-corrected chi connectivity index (χ0v) is 17.4. The molecule has 1 fully saturated rings. The monoisotopic (exact) mass is 436 g/mol. The van der Waals surface area contributed by atoms with E-state index in [1.165, 1.54) is 3.57 Å². The first-order chi connectivity index (χ1) is 11.0. The molecule has 0 amide bonds. The molecule has 0 heterocycles. The Morgan fingerprint density at radius 2 is 1.83 bits per heavy atom. The fraction of sp³-hybridized carbons (Fsp3) is 0.476. The number of rotatable bonds is 2. The second-order valence-electron chi connectivity index (χ2n) is 7.93. The van der Waals surface area contributed by atoms with Crippen LogP contribution in [0, 0.1) is 32.2 Å². The Morgan fingerprint density at radius 1 is 1.25 bits per heavy atom. The molecule has 24 heavy (non-hydrogen) atoms. The molecule has 0 aliphatic heterocycles. The van der Waals surface area contributed by atoms with Crippen LogP contribution >= 0.6 is 22.6 Å². The molecule has 0 N–H and O–H groups in total. The van der Waals surface area contributed by atoms with E-state index in [-0.39, 0.29) is 17.3 Å². The number of halogens is 1. The Hall–Kier alpha value is -1.28. The number of carbonyl (C=O) groups is 1. The van der Waals surface area contributed by atoms with Gasteiger partial charge in [-0.25, -0.2) is 0 Å². The van der Waals surface area contributed by atoms with Crippen LogP contribution in [0.1, 0.15) is 53.5 Å². The highest BCUT2D eigenvalue weighted by Crippen LogP contribution is 2.56. The molecule has 2 nitrogen and oxygen atoms in total. The molecule has 0 aromatic heterocycles. The van der Waals surface area contributed by atoms with Gasteiger partial charge < -0.3 is 4.74 Å². The van der Waals surface area contributed by atoms with E-state index in [4.69, 9.17) is 4.74 Å². The van der Waals surface area contributed by atoms with E-state index in [1.807, 2.05) is 46.8 Å². The number of hydrogen-bond acceptors (Lipinski definition) is 2. The minimum Gasteiger partial charge on any atom is -0.430 e. The number of benzene rings is 1. The van der Waals surface area contributed by atoms with E-state index in [1.54, 1.807) is 0 Å². The average Bonchev–Trinajstić information content (AvgIpc) is 3.14. The third kappa shape index (κ3) is 4.63. The maximum absolute atomic E-state index is 12.2. The van der Waals surface area contributed by atoms with Crippen molar-refractivity contribution < 1.29 is 9.53 Å². The number of ether oxygens (including phenoxy) is 1. The summed E-state index contributed by atoms with van der Waals surface area (Å²) in [6.45, 7) is 11.8. The molecule has 1 aliphatic carbocycles. The van der Waals surface area contributed by atoms with E-state index in [9.17, 15) is 4.79 Å². The van der Waals surface area contributed by atoms with Gasteiger partial charge in [-0.2, -0.15) is 0 Å². The predicted octanol–water partition coefficient (Wildman–Crippen LogP) is 5.55. The highest BCUT2D eigenvalue weighted by molar-refractivity contribution is 14.1. The molecule has 0 radical (unpaired) electrons. The highest BCUT2D eigenvalue weighted by atomic mass is 127. The highest BCUT2D eigenvalue weighted by Gasteiger charge is 2.53. The summed E-state index contributed by atoms with van der Waals surface area (Å²) in [5.74, 6) is 7.47. The lowest BCUT2D eigenvalue weighted by atomic mass is 9.97. The third-order valence-electron chi connectivity index (χ3n) is 4.20. The molecule has 3 heteroatoms. The summed E-state index contributed by atoms with van der Waals surface area (Å²) in [6, 6.07) is 8.20. The van der Waals surface area contributed by atoms with E-state index >= 15 is 0 Å². The van der Waals surface area contributed by atoms with Gasteiger partial charge in [0.15, 0.2) is 0 Å². The molecule has 1 aromatic carbocycles. The van der Waals surface area contributed by atoms with Gasteiger partial charge in [0, 0.05) is 20.5 Å². The molecule has 0 unspecified atom stereocenters. The molecule has 0 saturated heterocycles. The molecule has 0 bridgehead atoms. The third-order valence-corrected chi connectivity index (χ3v) is 4.92. The normalized spacial score (nSPS) is 22.2. The van der Waals surface area contributed by atoms with Crippen LogP contribution in [0.4, 0.5) is 0 Å². The van der Waals surface area contributed by atoms with E-state index in [0.717, 1.165) is 23.3 Å². The van der Waals surface area contributed by atoms with Gasteiger partial charge in [-0.1, -0.05) is 11.8 Å². The van der Waals surface area contributed by atoms with Gasteiger partial charge in [-0.05, 0) is 100 Å². The second-order valence-corrected chi connectivity index (χ2v) is 9.18. The smallest absolute Gasteiger partial charge is 0.316 e. The fourth-order valence-electron chi connectivity index (χ4n) is 2.41. The maximum Gasteiger partial charge on any atom is 0.316 e. The molecule has 2 rings (SSSR count). The molecule has 2 atom stereocenters. The Labute approximate surface area is 159 Å². The van der Waals surface area contributed by atoms with Crippen LogP contribution in [0.2, 0.25) is 0 Å². The molecule has 1 saturated carbocycles. The van der Waals surface area contributed by atoms with Crippen molar-refractivity contribution in [3.8, 4) is 11.8 Å². The quantitative estimate of drug-likeness (QED) is 0.263. The van der Waals surface area contributed by atoms with Gasteiger partial charge in [0.25, 0.3) is 0 Å². The second kappa shape index (κ2) is 6.92. The average molecular weight is 436 g/mol. The van der Waals surface area contributed by atoms with Crippen molar-refractivity contribution in [2.45, 2.75) is 48.0 Å². The van der Waals surface area contributed by atoms with Crippen LogP contribution in [-0.4, -0.2) is 5.97 Å². The van der Waals surface area contributed by atoms with E-state index < -0.39 is 5.41 Å². The van der Waals surface area contributed by atoms with Gasteiger partial charge in [-0.15, -0.1) is 0 Å². The topological polar surface area (TPSA) is 26.3 Å². The van der Waals surface area contributed by atoms with Crippen molar-refractivity contribution in [2.75, 3.05) is 0 Å². The van der Waals surface area contributed by atoms with Gasteiger partial charge in [0.1, 0.15) is 5.76 Å². The van der Waals surface area contributed by atoms with E-state index in [2.05, 4.69) is 53.5 Å². The Morgan fingerprint density at radius 3 is 2.33 bits per heavy atom. The summed E-state index contributed by atoms with van der Waals surface area (Å²) < 4.78 is 6.94. The summed E-state index contributed by atoms with van der Waals surface area (Å²) in [5, 5.41) is 0. The van der Waals surface area contributed by atoms with Gasteiger partial charge >= 0.3 is 5.97 Å². The van der Waals surface area contributed by atoms with Gasteiger partial charge in [0.2, 0.25) is 0 Å². The van der Waals surface area contributed by atoms with Gasteiger partial charge in [-0.3, -0.25) is 4.79 Å². The minimum atomic E-state index is -0.501. The Balaban J connectivity index is 2.15. The number of carbonyl (C=O) groups excluding carboxylic acids is 1. The number of esters is 1. The zero-order chi connectivity index (χ0) is 18.1. The molecule has 128 valence electrons. The largest absolute Gasteiger partial charge is 0.430 e. The molecular formula is C21H25IO2. The summed E-state index contributed by atoms with van der Waals surface area (Å²) in [5.41, 5.74) is 1.46. The van der Waals surface area contributed by atoms with Crippen LogP contribution in [0.5, 0.6) is 0 Å². The van der Waals surface area contributed by atoms with Crippen LogP contribution in [0.3, 0.4) is 0 Å². The Kier molecular flexibility index (Phi) is 5.49. The first-order valence-electron chi connectivity index (χ1n) is 8.21. The lowest BCUT2D eigenvalue weighted by Crippen LogP contribution is -2.24. The fourth-order valence-corrected chi connectivity index (χ4v) is 2.77. The van der Waals surface area contributed by atoms with Crippen LogP contribution in [0.25, 0.3) is 0 Å². The molecule has 0 spiro atoms. The SMILES string of the molecule is CC(C)=C(OC(=O)C(C)(C)C)[C@H]1C[C@@]1(C)C#Cc1ccc(I)cc1. The van der Waals surface area contributed by atoms with E-state index in [0.29, 0.717) is 0 Å². The van der Waals surface area contributed by atoms with Crippen molar-refractivity contribution >= 4 is 28.6 Å². The van der Waals surface area contributed by atoms with Crippen molar-refractivity contribution in [1.29, 1.82) is 0 Å². The lowest BCUT2D eigenvalue weighted by molar-refractivity contribution is -0.149. The molecule has 1 aromatic rings. The molecule has 1 aliphatic rings. The first kappa shape index (κ1) is 19.1. The predicted molar refractivity (Wildman–Crippen MR) is 106 cm³/mol.